The maximum Gasteiger partial charge on any atom is 0.228 e. The van der Waals surface area contributed by atoms with E-state index in [-0.39, 0.29) is 18.4 Å². The predicted molar refractivity (Wildman–Crippen MR) is 87.9 cm³/mol. The second-order valence-corrected chi connectivity index (χ2v) is 5.93. The molecule has 7 heteroatoms. The fourth-order valence-electron chi connectivity index (χ4n) is 3.10. The quantitative estimate of drug-likeness (QED) is 0.789. The van der Waals surface area contributed by atoms with E-state index in [0.29, 0.717) is 5.82 Å². The molecule has 0 fully saturated rings. The third-order valence-corrected chi connectivity index (χ3v) is 4.37. The Kier molecular flexibility index (Phi) is 3.60. The first-order valence-electron chi connectivity index (χ1n) is 7.96. The van der Waals surface area contributed by atoms with Crippen LogP contribution >= 0.6 is 0 Å². The lowest BCUT2D eigenvalue weighted by atomic mass is 10.2. The van der Waals surface area contributed by atoms with Gasteiger partial charge in [0.15, 0.2) is 5.82 Å². The maximum absolute atomic E-state index is 12.4. The number of rotatable bonds is 4. The summed E-state index contributed by atoms with van der Waals surface area (Å²) < 4.78 is 3.94. The van der Waals surface area contributed by atoms with Gasteiger partial charge in [-0.3, -0.25) is 4.79 Å². The van der Waals surface area contributed by atoms with Crippen LogP contribution in [0.3, 0.4) is 0 Å². The molecule has 4 rings (SSSR count). The Labute approximate surface area is 139 Å². The van der Waals surface area contributed by atoms with E-state index in [4.69, 9.17) is 0 Å². The Morgan fingerprint density at radius 1 is 1.29 bits per heavy atom. The number of aryl methyl sites for hydroxylation is 1. The average Bonchev–Trinajstić information content (AvgIpc) is 3.28. The molecular formula is C17H18N6O. The molecule has 7 nitrogen and oxygen atoms in total. The molecular weight excluding hydrogens is 304 g/mol. The molecule has 0 aliphatic carbocycles. The molecule has 1 aromatic carbocycles. The molecule has 1 unspecified atom stereocenters. The molecule has 0 saturated carbocycles. The maximum atomic E-state index is 12.4. The highest BCUT2D eigenvalue weighted by molar-refractivity contribution is 5.78. The van der Waals surface area contributed by atoms with Crippen LogP contribution < -0.4 is 5.32 Å². The summed E-state index contributed by atoms with van der Waals surface area (Å²) in [4.78, 5) is 16.7. The molecule has 24 heavy (non-hydrogen) atoms. The van der Waals surface area contributed by atoms with Crippen LogP contribution in [0.25, 0.3) is 11.4 Å². The van der Waals surface area contributed by atoms with Crippen molar-refractivity contribution in [1.82, 2.24) is 29.6 Å². The Morgan fingerprint density at radius 2 is 2.12 bits per heavy atom. The molecule has 1 aliphatic rings. The molecule has 1 N–H and O–H groups in total. The van der Waals surface area contributed by atoms with Crippen LogP contribution in [0.5, 0.6) is 0 Å². The topological polar surface area (TPSA) is 77.6 Å². The van der Waals surface area contributed by atoms with Gasteiger partial charge in [-0.25, -0.2) is 4.98 Å². The van der Waals surface area contributed by atoms with Crippen molar-refractivity contribution in [2.75, 3.05) is 0 Å². The minimum absolute atomic E-state index is 0.0191. The largest absolute Gasteiger partial charge is 0.346 e. The van der Waals surface area contributed by atoms with Crippen LogP contribution in [0.1, 0.15) is 24.1 Å². The Morgan fingerprint density at radius 3 is 2.96 bits per heavy atom. The summed E-state index contributed by atoms with van der Waals surface area (Å²) in [5.74, 6) is 2.26. The number of fused-ring (bicyclic) bond motifs is 1. The van der Waals surface area contributed by atoms with Crippen LogP contribution in [0.2, 0.25) is 0 Å². The van der Waals surface area contributed by atoms with E-state index in [1.165, 1.54) is 0 Å². The number of carbonyl (C=O) groups is 1. The number of benzene rings is 1. The van der Waals surface area contributed by atoms with Crippen LogP contribution in [0.4, 0.5) is 0 Å². The number of nitrogens with one attached hydrogen (secondary N) is 1. The summed E-state index contributed by atoms with van der Waals surface area (Å²) >= 11 is 0. The zero-order valence-corrected chi connectivity index (χ0v) is 13.4. The lowest BCUT2D eigenvalue weighted by molar-refractivity contribution is -0.121. The van der Waals surface area contributed by atoms with Gasteiger partial charge in [-0.2, -0.15) is 0 Å². The smallest absolute Gasteiger partial charge is 0.228 e. The van der Waals surface area contributed by atoms with Crippen LogP contribution in [0.15, 0.2) is 42.7 Å². The van der Waals surface area contributed by atoms with Crippen molar-refractivity contribution in [2.24, 2.45) is 7.05 Å². The number of amides is 1. The number of hydrogen-bond donors (Lipinski definition) is 1. The summed E-state index contributed by atoms with van der Waals surface area (Å²) in [6.07, 6.45) is 4.79. The van der Waals surface area contributed by atoms with Crippen molar-refractivity contribution in [1.29, 1.82) is 0 Å². The van der Waals surface area contributed by atoms with Crippen molar-refractivity contribution in [2.45, 2.75) is 25.4 Å². The third kappa shape index (κ3) is 2.58. The van der Waals surface area contributed by atoms with E-state index < -0.39 is 0 Å². The van der Waals surface area contributed by atoms with Gasteiger partial charge in [0.05, 0.1) is 12.5 Å². The molecule has 2 aromatic heterocycles. The van der Waals surface area contributed by atoms with Crippen LogP contribution in [-0.2, 0) is 24.8 Å². The van der Waals surface area contributed by atoms with Gasteiger partial charge >= 0.3 is 0 Å². The Balaban J connectivity index is 1.46. The second-order valence-electron chi connectivity index (χ2n) is 5.93. The van der Waals surface area contributed by atoms with Crippen molar-refractivity contribution in [3.63, 3.8) is 0 Å². The van der Waals surface area contributed by atoms with Crippen molar-refractivity contribution in [3.8, 4) is 11.4 Å². The lowest BCUT2D eigenvalue weighted by Crippen LogP contribution is -2.29. The fourth-order valence-corrected chi connectivity index (χ4v) is 3.10. The zero-order chi connectivity index (χ0) is 16.5. The average molecular weight is 322 g/mol. The van der Waals surface area contributed by atoms with E-state index in [0.717, 1.165) is 30.2 Å². The van der Waals surface area contributed by atoms with Crippen LogP contribution in [-0.4, -0.2) is 30.2 Å². The van der Waals surface area contributed by atoms with E-state index in [1.54, 1.807) is 6.20 Å². The summed E-state index contributed by atoms with van der Waals surface area (Å²) in [6.45, 7) is 0.891. The third-order valence-electron chi connectivity index (χ3n) is 4.37. The van der Waals surface area contributed by atoms with Gasteiger partial charge in [-0.15, -0.1) is 10.2 Å². The minimum Gasteiger partial charge on any atom is -0.346 e. The van der Waals surface area contributed by atoms with E-state index in [1.807, 2.05) is 48.1 Å². The molecule has 1 amide bonds. The number of aromatic nitrogens is 5. The normalized spacial score (nSPS) is 16.1. The van der Waals surface area contributed by atoms with Gasteiger partial charge in [0.1, 0.15) is 11.6 Å². The summed E-state index contributed by atoms with van der Waals surface area (Å²) in [6, 6.07) is 9.81. The summed E-state index contributed by atoms with van der Waals surface area (Å²) in [5, 5.41) is 11.4. The van der Waals surface area contributed by atoms with Crippen molar-refractivity contribution < 1.29 is 4.79 Å². The number of carbonyl (C=O) groups excluding carboxylic acids is 1. The van der Waals surface area contributed by atoms with Gasteiger partial charge in [-0.05, 0) is 6.42 Å². The summed E-state index contributed by atoms with van der Waals surface area (Å²) in [7, 11) is 1.88. The van der Waals surface area contributed by atoms with E-state index in [9.17, 15) is 4.79 Å². The SMILES string of the molecule is Cn1c(CC(=O)NC2CCn3ccnc32)nnc1-c1ccccc1. The monoisotopic (exact) mass is 322 g/mol. The molecule has 0 radical (unpaired) electrons. The molecule has 3 heterocycles. The molecule has 0 bridgehead atoms. The van der Waals surface area contributed by atoms with Crippen molar-refractivity contribution >= 4 is 5.91 Å². The Hall–Kier alpha value is -2.96. The van der Waals surface area contributed by atoms with Gasteiger partial charge < -0.3 is 14.5 Å². The highest BCUT2D eigenvalue weighted by Gasteiger charge is 2.25. The number of nitrogens with zero attached hydrogens (tertiary/aromatic N) is 5. The fraction of sp³-hybridized carbons (Fsp3) is 0.294. The van der Waals surface area contributed by atoms with Crippen molar-refractivity contribution in [3.05, 3.63) is 54.4 Å². The molecule has 1 atom stereocenters. The predicted octanol–water partition coefficient (Wildman–Crippen LogP) is 1.48. The summed E-state index contributed by atoms with van der Waals surface area (Å²) in [5.41, 5.74) is 0.983. The standard InChI is InChI=1S/C17H18N6O/c1-22-14(20-21-16(22)12-5-3-2-4-6-12)11-15(24)19-13-7-9-23-10-8-18-17(13)23/h2-6,8,10,13H,7,9,11H2,1H3,(H,19,24). The van der Waals surface area contributed by atoms with E-state index in [2.05, 4.69) is 25.1 Å². The molecule has 122 valence electrons. The number of imidazole rings is 1. The molecule has 1 aliphatic heterocycles. The van der Waals surface area contributed by atoms with Gasteiger partial charge in [0, 0.05) is 31.5 Å². The minimum atomic E-state index is -0.0634. The van der Waals surface area contributed by atoms with Crippen LogP contribution in [0, 0.1) is 0 Å². The van der Waals surface area contributed by atoms with E-state index >= 15 is 0 Å². The highest BCUT2D eigenvalue weighted by Crippen LogP contribution is 2.23. The first-order valence-corrected chi connectivity index (χ1v) is 7.96. The highest BCUT2D eigenvalue weighted by atomic mass is 16.1. The lowest BCUT2D eigenvalue weighted by Gasteiger charge is -2.11. The number of hydrogen-bond acceptors (Lipinski definition) is 4. The molecule has 0 saturated heterocycles. The molecule has 0 spiro atoms. The zero-order valence-electron chi connectivity index (χ0n) is 13.4. The van der Waals surface area contributed by atoms with Gasteiger partial charge in [0.2, 0.25) is 5.91 Å². The Bertz CT molecular complexity index is 866. The van der Waals surface area contributed by atoms with Gasteiger partial charge in [-0.1, -0.05) is 30.3 Å². The molecule has 3 aromatic rings. The second kappa shape index (κ2) is 5.92. The first-order chi connectivity index (χ1) is 11.7. The van der Waals surface area contributed by atoms with Gasteiger partial charge in [0.25, 0.3) is 0 Å². The first kappa shape index (κ1) is 14.6.